The van der Waals surface area contributed by atoms with E-state index in [1.165, 1.54) is 17.2 Å². The topological polar surface area (TPSA) is 84.5 Å². The standard InChI is InChI=1S/C22H24FN5O3/c1-13-8-16(6-7-19(13)23)10-27-21(30)28(20(29)22(27,4)5)17-9-24-26(11-17)12-18-14(2)25-31-15(18)3/h6-9,11H,10,12H2,1-5H3. The number of anilines is 1. The smallest absolute Gasteiger partial charge is 0.332 e. The number of hydrogen-bond donors (Lipinski definition) is 0. The zero-order valence-corrected chi connectivity index (χ0v) is 18.1. The van der Waals surface area contributed by atoms with Crippen LogP contribution in [0, 0.1) is 26.6 Å². The third-order valence-electron chi connectivity index (χ3n) is 5.77. The molecule has 8 nitrogen and oxygen atoms in total. The first-order valence-electron chi connectivity index (χ1n) is 9.95. The van der Waals surface area contributed by atoms with E-state index in [0.717, 1.165) is 21.7 Å². The van der Waals surface area contributed by atoms with E-state index in [9.17, 15) is 14.0 Å². The fourth-order valence-corrected chi connectivity index (χ4v) is 3.76. The molecule has 9 heteroatoms. The molecular weight excluding hydrogens is 401 g/mol. The molecule has 0 bridgehead atoms. The number of rotatable bonds is 5. The number of benzene rings is 1. The summed E-state index contributed by atoms with van der Waals surface area (Å²) >= 11 is 0. The highest BCUT2D eigenvalue weighted by molar-refractivity contribution is 6.22. The van der Waals surface area contributed by atoms with Gasteiger partial charge in [-0.3, -0.25) is 9.48 Å². The maximum absolute atomic E-state index is 13.6. The number of carbonyl (C=O) groups is 2. The average molecular weight is 425 g/mol. The van der Waals surface area contributed by atoms with Crippen molar-refractivity contribution in [1.82, 2.24) is 19.8 Å². The highest BCUT2D eigenvalue weighted by Crippen LogP contribution is 2.33. The summed E-state index contributed by atoms with van der Waals surface area (Å²) in [5.74, 6) is 0.0529. The number of carbonyl (C=O) groups excluding carboxylic acids is 2. The van der Waals surface area contributed by atoms with Crippen LogP contribution in [0.25, 0.3) is 0 Å². The molecule has 1 fully saturated rings. The lowest BCUT2D eigenvalue weighted by Gasteiger charge is -2.27. The predicted molar refractivity (Wildman–Crippen MR) is 111 cm³/mol. The molecule has 1 aliphatic rings. The average Bonchev–Trinajstić information content (AvgIpc) is 3.34. The van der Waals surface area contributed by atoms with Gasteiger partial charge in [-0.25, -0.2) is 14.1 Å². The number of aryl methyl sites for hydroxylation is 3. The van der Waals surface area contributed by atoms with Crippen LogP contribution in [0.1, 0.15) is 42.0 Å². The fraction of sp³-hybridized carbons (Fsp3) is 0.364. The summed E-state index contributed by atoms with van der Waals surface area (Å²) in [4.78, 5) is 29.0. The van der Waals surface area contributed by atoms with Crippen molar-refractivity contribution in [3.63, 3.8) is 0 Å². The number of imide groups is 1. The molecule has 0 aliphatic carbocycles. The fourth-order valence-electron chi connectivity index (χ4n) is 3.76. The van der Waals surface area contributed by atoms with E-state index >= 15 is 0 Å². The lowest BCUT2D eigenvalue weighted by atomic mass is 10.0. The van der Waals surface area contributed by atoms with E-state index in [2.05, 4.69) is 10.3 Å². The van der Waals surface area contributed by atoms with Crippen molar-refractivity contribution in [3.05, 3.63) is 64.6 Å². The SMILES string of the molecule is Cc1cc(CN2C(=O)N(c3cnn(Cc4c(C)noc4C)c3)C(=O)C2(C)C)ccc1F. The molecule has 162 valence electrons. The zero-order valence-electron chi connectivity index (χ0n) is 18.1. The Morgan fingerprint density at radius 1 is 1.13 bits per heavy atom. The Bertz CT molecular complexity index is 1160. The van der Waals surface area contributed by atoms with Crippen LogP contribution in [0.2, 0.25) is 0 Å². The number of nitrogens with zero attached hydrogens (tertiary/aromatic N) is 5. The summed E-state index contributed by atoms with van der Waals surface area (Å²) in [6.45, 7) is 9.37. The molecule has 31 heavy (non-hydrogen) atoms. The second-order valence-electron chi connectivity index (χ2n) is 8.35. The molecule has 0 unspecified atom stereocenters. The van der Waals surface area contributed by atoms with Crippen LogP contribution in [0.4, 0.5) is 14.9 Å². The van der Waals surface area contributed by atoms with E-state index in [0.29, 0.717) is 23.6 Å². The minimum Gasteiger partial charge on any atom is -0.361 e. The third-order valence-corrected chi connectivity index (χ3v) is 5.77. The second-order valence-corrected chi connectivity index (χ2v) is 8.35. The summed E-state index contributed by atoms with van der Waals surface area (Å²) in [5.41, 5.74) is 2.26. The van der Waals surface area contributed by atoms with Crippen molar-refractivity contribution < 1.29 is 18.5 Å². The van der Waals surface area contributed by atoms with E-state index in [1.807, 2.05) is 13.8 Å². The molecule has 3 heterocycles. The lowest BCUT2D eigenvalue weighted by molar-refractivity contribution is -0.123. The van der Waals surface area contributed by atoms with Crippen molar-refractivity contribution in [2.24, 2.45) is 0 Å². The number of urea groups is 1. The van der Waals surface area contributed by atoms with Crippen molar-refractivity contribution in [2.75, 3.05) is 4.90 Å². The van der Waals surface area contributed by atoms with E-state index in [1.54, 1.807) is 43.8 Å². The number of aromatic nitrogens is 3. The maximum atomic E-state index is 13.6. The van der Waals surface area contributed by atoms with Crippen LogP contribution in [0.15, 0.2) is 35.1 Å². The Morgan fingerprint density at radius 3 is 2.52 bits per heavy atom. The largest absolute Gasteiger partial charge is 0.361 e. The quantitative estimate of drug-likeness (QED) is 0.582. The van der Waals surface area contributed by atoms with Gasteiger partial charge < -0.3 is 9.42 Å². The van der Waals surface area contributed by atoms with Crippen molar-refractivity contribution in [3.8, 4) is 0 Å². The molecule has 3 aromatic rings. The highest BCUT2D eigenvalue weighted by Gasteiger charge is 2.52. The van der Waals surface area contributed by atoms with Crippen LogP contribution in [-0.2, 0) is 17.9 Å². The number of hydrogen-bond acceptors (Lipinski definition) is 5. The van der Waals surface area contributed by atoms with Gasteiger partial charge >= 0.3 is 6.03 Å². The van der Waals surface area contributed by atoms with E-state index in [4.69, 9.17) is 4.52 Å². The van der Waals surface area contributed by atoms with Crippen LogP contribution in [0.3, 0.4) is 0 Å². The van der Waals surface area contributed by atoms with Gasteiger partial charge in [0.1, 0.15) is 17.1 Å². The van der Waals surface area contributed by atoms with Crippen LogP contribution in [-0.4, -0.2) is 37.3 Å². The van der Waals surface area contributed by atoms with Gasteiger partial charge in [0, 0.05) is 18.3 Å². The summed E-state index contributed by atoms with van der Waals surface area (Å²) in [6, 6.07) is 4.25. The van der Waals surface area contributed by atoms with Gasteiger partial charge in [-0.2, -0.15) is 5.10 Å². The first-order chi connectivity index (χ1) is 14.6. The molecule has 0 radical (unpaired) electrons. The first kappa shape index (κ1) is 20.8. The molecule has 3 amide bonds. The van der Waals surface area contributed by atoms with Gasteiger partial charge in [-0.15, -0.1) is 0 Å². The van der Waals surface area contributed by atoms with Crippen LogP contribution >= 0.6 is 0 Å². The normalized spacial score (nSPS) is 15.9. The molecule has 0 spiro atoms. The van der Waals surface area contributed by atoms with Crippen molar-refractivity contribution in [1.29, 1.82) is 0 Å². The molecule has 1 saturated heterocycles. The molecule has 0 atom stereocenters. The number of halogens is 1. The van der Waals surface area contributed by atoms with Gasteiger partial charge in [0.25, 0.3) is 5.91 Å². The summed E-state index contributed by atoms with van der Waals surface area (Å²) in [5, 5.41) is 8.24. The summed E-state index contributed by atoms with van der Waals surface area (Å²) in [7, 11) is 0. The minimum atomic E-state index is -1.05. The van der Waals surface area contributed by atoms with E-state index in [-0.39, 0.29) is 18.3 Å². The molecule has 0 N–H and O–H groups in total. The van der Waals surface area contributed by atoms with Crippen LogP contribution < -0.4 is 4.90 Å². The summed E-state index contributed by atoms with van der Waals surface area (Å²) in [6.07, 6.45) is 3.15. The molecule has 4 rings (SSSR count). The third kappa shape index (κ3) is 3.49. The van der Waals surface area contributed by atoms with Crippen LogP contribution in [0.5, 0.6) is 0 Å². The first-order valence-corrected chi connectivity index (χ1v) is 9.95. The Balaban J connectivity index is 1.59. The molecule has 1 aliphatic heterocycles. The molecule has 2 aromatic heterocycles. The van der Waals surface area contributed by atoms with Gasteiger partial charge in [-0.05, 0) is 51.8 Å². The van der Waals surface area contributed by atoms with E-state index < -0.39 is 11.6 Å². The highest BCUT2D eigenvalue weighted by atomic mass is 19.1. The zero-order chi connectivity index (χ0) is 22.5. The maximum Gasteiger partial charge on any atom is 0.332 e. The Morgan fingerprint density at radius 2 is 1.87 bits per heavy atom. The van der Waals surface area contributed by atoms with Crippen molar-refractivity contribution >= 4 is 17.6 Å². The Kier molecular flexibility index (Phi) is 4.91. The monoisotopic (exact) mass is 425 g/mol. The second kappa shape index (κ2) is 7.33. The number of amides is 3. The molecule has 1 aromatic carbocycles. The lowest BCUT2D eigenvalue weighted by Crippen LogP contribution is -2.43. The van der Waals surface area contributed by atoms with Gasteiger partial charge in [0.05, 0.1) is 24.1 Å². The Hall–Kier alpha value is -3.49. The molecular formula is C22H24FN5O3. The van der Waals surface area contributed by atoms with Gasteiger partial charge in [0.2, 0.25) is 0 Å². The minimum absolute atomic E-state index is 0.197. The van der Waals surface area contributed by atoms with Crippen molar-refractivity contribution in [2.45, 2.75) is 53.2 Å². The molecule has 0 saturated carbocycles. The summed E-state index contributed by atoms with van der Waals surface area (Å²) < 4.78 is 20.4. The van der Waals surface area contributed by atoms with Gasteiger partial charge in [-0.1, -0.05) is 17.3 Å². The van der Waals surface area contributed by atoms with Gasteiger partial charge in [0.15, 0.2) is 0 Å². The Labute approximate surface area is 179 Å². The predicted octanol–water partition coefficient (Wildman–Crippen LogP) is 3.73.